The van der Waals surface area contributed by atoms with Crippen molar-refractivity contribution in [3.05, 3.63) is 59.1 Å². The van der Waals surface area contributed by atoms with E-state index in [0.717, 1.165) is 30.7 Å². The predicted molar refractivity (Wildman–Crippen MR) is 94.7 cm³/mol. The van der Waals surface area contributed by atoms with Crippen LogP contribution in [0.1, 0.15) is 28.8 Å². The average Bonchev–Trinajstić information content (AvgIpc) is 3.36. The number of aliphatic imine (C=N–C) groups is 1. The molecule has 0 bridgehead atoms. The number of carbonyl (C=O) groups is 1. The minimum absolute atomic E-state index is 0.0213. The van der Waals surface area contributed by atoms with E-state index in [9.17, 15) is 13.6 Å². The van der Waals surface area contributed by atoms with Crippen LogP contribution in [-0.4, -0.2) is 52.6 Å². The third kappa shape index (κ3) is 3.50. The lowest BCUT2D eigenvalue weighted by Gasteiger charge is -2.29. The van der Waals surface area contributed by atoms with Crippen molar-refractivity contribution in [1.82, 2.24) is 20.7 Å². The van der Waals surface area contributed by atoms with Gasteiger partial charge in [0.1, 0.15) is 11.5 Å². The average molecular weight is 375 g/mol. The molecule has 1 aliphatic carbocycles. The minimum Gasteiger partial charge on any atom is -0.478 e. The van der Waals surface area contributed by atoms with Gasteiger partial charge >= 0.3 is 5.97 Å². The van der Waals surface area contributed by atoms with Gasteiger partial charge in [-0.1, -0.05) is 6.07 Å². The summed E-state index contributed by atoms with van der Waals surface area (Å²) in [6.45, 7) is 0.625. The van der Waals surface area contributed by atoms with Crippen LogP contribution in [0, 0.1) is 5.82 Å². The summed E-state index contributed by atoms with van der Waals surface area (Å²) in [6, 6.07) is 3.98. The molecule has 3 aliphatic rings. The van der Waals surface area contributed by atoms with Crippen molar-refractivity contribution in [2.24, 2.45) is 4.99 Å². The molecule has 27 heavy (non-hydrogen) atoms. The van der Waals surface area contributed by atoms with E-state index in [1.54, 1.807) is 11.9 Å². The summed E-state index contributed by atoms with van der Waals surface area (Å²) < 4.78 is 28.4. The van der Waals surface area contributed by atoms with Gasteiger partial charge in [0.2, 0.25) is 0 Å². The first-order chi connectivity index (χ1) is 12.9. The predicted octanol–water partition coefficient (Wildman–Crippen LogP) is 1.77. The first-order valence-electron chi connectivity index (χ1n) is 8.62. The molecular weight excluding hydrogens is 356 g/mol. The van der Waals surface area contributed by atoms with Crippen LogP contribution in [0.3, 0.4) is 0 Å². The lowest BCUT2D eigenvalue weighted by molar-refractivity contribution is 0.0692. The van der Waals surface area contributed by atoms with E-state index in [4.69, 9.17) is 5.11 Å². The number of benzene rings is 1. The standard InChI is InChI=1S/C18H19F2N5O2/c1-24-9-15(20)16(10-2-5-13(17(26)27)14(19)6-10)23-18(24)22-11-7-21-25(8-11)12-3-4-12/h2,5-6,8-9,12,18,21-22H,3-4,7H2,1H3,(H,26,27). The van der Waals surface area contributed by atoms with Crippen LogP contribution < -0.4 is 10.7 Å². The monoisotopic (exact) mass is 375 g/mol. The van der Waals surface area contributed by atoms with E-state index in [0.29, 0.717) is 12.6 Å². The van der Waals surface area contributed by atoms with Gasteiger partial charge < -0.3 is 20.3 Å². The van der Waals surface area contributed by atoms with Gasteiger partial charge in [-0.3, -0.25) is 0 Å². The minimum atomic E-state index is -1.37. The van der Waals surface area contributed by atoms with Crippen molar-refractivity contribution >= 4 is 11.7 Å². The molecule has 0 radical (unpaired) electrons. The Hall–Kier alpha value is -2.94. The van der Waals surface area contributed by atoms with Crippen LogP contribution in [0.4, 0.5) is 8.78 Å². The van der Waals surface area contributed by atoms with E-state index in [1.807, 2.05) is 6.20 Å². The SMILES string of the molecule is CN1C=C(F)C(c2ccc(C(=O)O)c(F)c2)=NC1NC1=CN(C2CC2)NC1. The highest BCUT2D eigenvalue weighted by Gasteiger charge is 2.31. The first kappa shape index (κ1) is 17.5. The molecule has 2 heterocycles. The summed E-state index contributed by atoms with van der Waals surface area (Å²) in [6.07, 6.45) is 5.03. The number of hydrogen-bond acceptors (Lipinski definition) is 6. The third-order valence-electron chi connectivity index (χ3n) is 4.66. The number of hydrogen-bond donors (Lipinski definition) is 3. The van der Waals surface area contributed by atoms with Crippen molar-refractivity contribution in [3.8, 4) is 0 Å². The lowest BCUT2D eigenvalue weighted by Crippen LogP contribution is -2.42. The Morgan fingerprint density at radius 3 is 2.78 bits per heavy atom. The Morgan fingerprint density at radius 1 is 1.33 bits per heavy atom. The Morgan fingerprint density at radius 2 is 2.11 bits per heavy atom. The molecule has 9 heteroatoms. The smallest absolute Gasteiger partial charge is 0.338 e. The molecule has 4 rings (SSSR count). The Kier molecular flexibility index (Phi) is 4.31. The Labute approximate surface area is 154 Å². The molecule has 0 spiro atoms. The maximum Gasteiger partial charge on any atom is 0.338 e. The van der Waals surface area contributed by atoms with Crippen molar-refractivity contribution in [2.75, 3.05) is 13.6 Å². The zero-order valence-electron chi connectivity index (χ0n) is 14.6. The van der Waals surface area contributed by atoms with Gasteiger partial charge in [-0.15, -0.1) is 0 Å². The molecule has 2 aliphatic heterocycles. The zero-order valence-corrected chi connectivity index (χ0v) is 14.6. The number of halogens is 2. The molecule has 0 aromatic heterocycles. The number of allylic oxidation sites excluding steroid dienone is 1. The normalized spacial score (nSPS) is 22.3. The van der Waals surface area contributed by atoms with E-state index in [2.05, 4.69) is 20.7 Å². The van der Waals surface area contributed by atoms with Gasteiger partial charge in [0.05, 0.1) is 12.1 Å². The van der Waals surface area contributed by atoms with Crippen LogP contribution in [0.2, 0.25) is 0 Å². The summed E-state index contributed by atoms with van der Waals surface area (Å²) in [5.74, 6) is -2.92. The van der Waals surface area contributed by atoms with Crippen LogP contribution in [0.15, 0.2) is 47.1 Å². The van der Waals surface area contributed by atoms with Gasteiger partial charge in [-0.25, -0.2) is 24.0 Å². The van der Waals surface area contributed by atoms with Gasteiger partial charge in [-0.05, 0) is 25.0 Å². The summed E-state index contributed by atoms with van der Waals surface area (Å²) >= 11 is 0. The molecule has 1 unspecified atom stereocenters. The quantitative estimate of drug-likeness (QED) is 0.728. The molecule has 0 amide bonds. The van der Waals surface area contributed by atoms with E-state index in [-0.39, 0.29) is 11.3 Å². The number of rotatable bonds is 5. The topological polar surface area (TPSA) is 80.2 Å². The summed E-state index contributed by atoms with van der Waals surface area (Å²) in [4.78, 5) is 16.9. The van der Waals surface area contributed by atoms with Gasteiger partial charge in [-0.2, -0.15) is 0 Å². The van der Waals surface area contributed by atoms with Crippen LogP contribution in [0.5, 0.6) is 0 Å². The number of carboxylic acids is 1. The van der Waals surface area contributed by atoms with E-state index < -0.39 is 29.5 Å². The first-order valence-corrected chi connectivity index (χ1v) is 8.62. The number of hydrazine groups is 1. The molecule has 1 aromatic carbocycles. The second kappa shape index (κ2) is 6.66. The van der Waals surface area contributed by atoms with Gasteiger partial charge in [0.25, 0.3) is 0 Å². The molecule has 0 saturated heterocycles. The van der Waals surface area contributed by atoms with Gasteiger partial charge in [0.15, 0.2) is 12.1 Å². The molecular formula is C18H19F2N5O2. The second-order valence-corrected chi connectivity index (χ2v) is 6.77. The molecule has 7 nitrogen and oxygen atoms in total. The number of aromatic carboxylic acids is 1. The Bertz CT molecular complexity index is 879. The maximum absolute atomic E-state index is 14.4. The molecule has 3 N–H and O–H groups in total. The zero-order chi connectivity index (χ0) is 19.1. The van der Waals surface area contributed by atoms with Crippen LogP contribution in [0.25, 0.3) is 0 Å². The number of nitrogens with one attached hydrogen (secondary N) is 2. The third-order valence-corrected chi connectivity index (χ3v) is 4.66. The van der Waals surface area contributed by atoms with Crippen LogP contribution >= 0.6 is 0 Å². The van der Waals surface area contributed by atoms with Crippen molar-refractivity contribution < 1.29 is 18.7 Å². The molecule has 1 aromatic rings. The molecule has 142 valence electrons. The summed E-state index contributed by atoms with van der Waals surface area (Å²) in [5.41, 5.74) is 3.89. The highest BCUT2D eigenvalue weighted by Crippen LogP contribution is 2.28. The second-order valence-electron chi connectivity index (χ2n) is 6.77. The van der Waals surface area contributed by atoms with Crippen molar-refractivity contribution in [1.29, 1.82) is 0 Å². The van der Waals surface area contributed by atoms with E-state index >= 15 is 0 Å². The highest BCUT2D eigenvalue weighted by molar-refractivity contribution is 6.11. The molecule has 1 saturated carbocycles. The van der Waals surface area contributed by atoms with E-state index in [1.165, 1.54) is 12.3 Å². The highest BCUT2D eigenvalue weighted by atomic mass is 19.1. The molecule has 1 atom stereocenters. The number of nitrogens with zero attached hydrogens (tertiary/aromatic N) is 3. The summed E-state index contributed by atoms with van der Waals surface area (Å²) in [5, 5.41) is 14.2. The fourth-order valence-corrected chi connectivity index (χ4v) is 3.04. The van der Waals surface area contributed by atoms with Crippen molar-refractivity contribution in [2.45, 2.75) is 25.2 Å². The fourth-order valence-electron chi connectivity index (χ4n) is 3.04. The fraction of sp³-hybridized carbons (Fsp3) is 0.333. The summed E-state index contributed by atoms with van der Waals surface area (Å²) in [7, 11) is 1.69. The lowest BCUT2D eigenvalue weighted by atomic mass is 10.1. The number of carboxylic acid groups (broad SMARTS) is 1. The van der Waals surface area contributed by atoms with Crippen LogP contribution in [-0.2, 0) is 0 Å². The largest absolute Gasteiger partial charge is 0.478 e. The van der Waals surface area contributed by atoms with Crippen molar-refractivity contribution in [3.63, 3.8) is 0 Å². The van der Waals surface area contributed by atoms with Gasteiger partial charge in [0, 0.05) is 36.7 Å². The Balaban J connectivity index is 1.57. The molecule has 1 fully saturated rings. The maximum atomic E-state index is 14.4.